The highest BCUT2D eigenvalue weighted by Gasteiger charge is 2.39. The number of benzene rings is 1. The molecule has 8 heteroatoms. The van der Waals surface area contributed by atoms with E-state index >= 15 is 0 Å². The molecule has 0 saturated carbocycles. The van der Waals surface area contributed by atoms with Crippen LogP contribution in [0.4, 0.5) is 4.79 Å². The Morgan fingerprint density at radius 2 is 1.72 bits per heavy atom. The Balaban J connectivity index is 3.48. The molecule has 0 aromatic heterocycles. The van der Waals surface area contributed by atoms with E-state index in [1.165, 1.54) is 0 Å². The fraction of sp³-hybridized carbons (Fsp3) is 0.679. The van der Waals surface area contributed by atoms with Gasteiger partial charge < -0.3 is 25.4 Å². The number of amides is 3. The van der Waals surface area contributed by atoms with Crippen LogP contribution in [0.5, 0.6) is 5.75 Å². The zero-order valence-corrected chi connectivity index (χ0v) is 23.6. The zero-order chi connectivity index (χ0) is 27.6. The topological polar surface area (TPSA) is 108 Å². The summed E-state index contributed by atoms with van der Waals surface area (Å²) in [5, 5.41) is 15.8. The van der Waals surface area contributed by atoms with Crippen LogP contribution >= 0.6 is 0 Å². The van der Waals surface area contributed by atoms with Gasteiger partial charge in [0, 0.05) is 12.6 Å². The molecule has 204 valence electrons. The number of ether oxygens (including phenoxy) is 1. The summed E-state index contributed by atoms with van der Waals surface area (Å²) >= 11 is 0. The number of carbonyl (C=O) groups excluding carboxylic acids is 3. The second kappa shape index (κ2) is 14.1. The molecule has 0 aliphatic rings. The van der Waals surface area contributed by atoms with Gasteiger partial charge in [0.2, 0.25) is 11.8 Å². The van der Waals surface area contributed by atoms with Crippen molar-refractivity contribution in [2.75, 3.05) is 6.54 Å². The fourth-order valence-electron chi connectivity index (χ4n) is 3.87. The molecule has 0 bridgehead atoms. The lowest BCUT2D eigenvalue weighted by molar-refractivity contribution is -0.146. The number of unbranched alkanes of at least 4 members (excludes halogenated alkanes) is 2. The first-order chi connectivity index (χ1) is 16.7. The summed E-state index contributed by atoms with van der Waals surface area (Å²) in [6, 6.07) is 2.85. The molecule has 1 rings (SSSR count). The van der Waals surface area contributed by atoms with Gasteiger partial charge in [-0.15, -0.1) is 0 Å². The Morgan fingerprint density at radius 3 is 2.22 bits per heavy atom. The minimum atomic E-state index is -0.921. The molecule has 1 aromatic rings. The first-order valence-electron chi connectivity index (χ1n) is 13.1. The molecule has 3 N–H and O–H groups in total. The third-order valence-corrected chi connectivity index (χ3v) is 6.07. The number of phenols is 1. The van der Waals surface area contributed by atoms with Crippen LogP contribution in [0, 0.1) is 12.8 Å². The summed E-state index contributed by atoms with van der Waals surface area (Å²) in [5.41, 5.74) is 0.502. The normalized spacial score (nSPS) is 14.1. The lowest BCUT2D eigenvalue weighted by Crippen LogP contribution is -2.57. The van der Waals surface area contributed by atoms with Crippen molar-refractivity contribution >= 4 is 17.9 Å². The van der Waals surface area contributed by atoms with E-state index in [2.05, 4.69) is 17.6 Å². The number of phenolic OH excluding ortho intramolecular Hbond substituents is 1. The van der Waals surface area contributed by atoms with Gasteiger partial charge in [0.05, 0.1) is 0 Å². The number of carbonyl (C=O) groups is 3. The van der Waals surface area contributed by atoms with E-state index in [9.17, 15) is 19.5 Å². The number of alkyl carbamates (subject to hydrolysis) is 1. The van der Waals surface area contributed by atoms with Gasteiger partial charge in [-0.3, -0.25) is 9.59 Å². The van der Waals surface area contributed by atoms with Gasteiger partial charge >= 0.3 is 6.09 Å². The molecule has 0 saturated heterocycles. The second-order valence-electron chi connectivity index (χ2n) is 10.8. The van der Waals surface area contributed by atoms with Gasteiger partial charge in [-0.1, -0.05) is 46.6 Å². The smallest absolute Gasteiger partial charge is 0.408 e. The van der Waals surface area contributed by atoms with E-state index in [1.54, 1.807) is 50.8 Å². The standard InChI is InChI=1S/C28H47N3O5/c1-10-12-13-16-29-25(33)24(21-14-15-22(32)19(5)17-21)31(20(6)11-2)26(34)23(18(3)4)30-27(35)36-28(7,8)9/h14-15,17-18,20,23-24,32H,10-13,16H2,1-9H3,(H,29,33)(H,30,35). The number of hydrogen-bond acceptors (Lipinski definition) is 5. The van der Waals surface area contributed by atoms with Crippen LogP contribution in [-0.2, 0) is 14.3 Å². The summed E-state index contributed by atoms with van der Waals surface area (Å²) < 4.78 is 5.40. The van der Waals surface area contributed by atoms with E-state index in [0.29, 0.717) is 24.1 Å². The second-order valence-corrected chi connectivity index (χ2v) is 10.8. The highest BCUT2D eigenvalue weighted by Crippen LogP contribution is 2.30. The molecule has 3 atom stereocenters. The third kappa shape index (κ3) is 9.36. The van der Waals surface area contributed by atoms with Crippen molar-refractivity contribution in [3.63, 3.8) is 0 Å². The molecule has 36 heavy (non-hydrogen) atoms. The monoisotopic (exact) mass is 505 g/mol. The number of rotatable bonds is 12. The maximum Gasteiger partial charge on any atom is 0.408 e. The molecule has 0 aliphatic carbocycles. The Kier molecular flexibility index (Phi) is 12.2. The first-order valence-corrected chi connectivity index (χ1v) is 13.1. The summed E-state index contributed by atoms with van der Waals surface area (Å²) in [6.07, 6.45) is 2.79. The van der Waals surface area contributed by atoms with E-state index in [4.69, 9.17) is 4.74 Å². The average Bonchev–Trinajstić information content (AvgIpc) is 2.78. The maximum absolute atomic E-state index is 14.1. The number of aromatic hydroxyl groups is 1. The van der Waals surface area contributed by atoms with Crippen molar-refractivity contribution in [1.29, 1.82) is 0 Å². The van der Waals surface area contributed by atoms with Gasteiger partial charge in [-0.25, -0.2) is 4.79 Å². The molecule has 0 radical (unpaired) electrons. The molecule has 1 aromatic carbocycles. The number of hydrogen-bond donors (Lipinski definition) is 3. The van der Waals surface area contributed by atoms with Crippen molar-refractivity contribution in [2.24, 2.45) is 5.92 Å². The molecule has 3 unspecified atom stereocenters. The Morgan fingerprint density at radius 1 is 1.08 bits per heavy atom. The average molecular weight is 506 g/mol. The number of nitrogens with one attached hydrogen (secondary N) is 2. The van der Waals surface area contributed by atoms with Crippen molar-refractivity contribution < 1.29 is 24.2 Å². The van der Waals surface area contributed by atoms with Gasteiger partial charge in [0.15, 0.2) is 0 Å². The van der Waals surface area contributed by atoms with Crippen LogP contribution in [0.15, 0.2) is 18.2 Å². The zero-order valence-electron chi connectivity index (χ0n) is 23.6. The number of nitrogens with zero attached hydrogens (tertiary/aromatic N) is 1. The molecular weight excluding hydrogens is 458 g/mol. The lowest BCUT2D eigenvalue weighted by Gasteiger charge is -2.39. The predicted molar refractivity (Wildman–Crippen MR) is 143 cm³/mol. The van der Waals surface area contributed by atoms with Crippen LogP contribution in [-0.4, -0.2) is 52.1 Å². The van der Waals surface area contributed by atoms with Crippen LogP contribution in [0.25, 0.3) is 0 Å². The molecule has 0 heterocycles. The van der Waals surface area contributed by atoms with Crippen molar-refractivity contribution in [3.8, 4) is 5.75 Å². The van der Waals surface area contributed by atoms with E-state index in [0.717, 1.165) is 19.3 Å². The largest absolute Gasteiger partial charge is 0.508 e. The quantitative estimate of drug-likeness (QED) is 0.337. The van der Waals surface area contributed by atoms with E-state index in [1.807, 2.05) is 27.7 Å². The molecule has 0 fully saturated rings. The van der Waals surface area contributed by atoms with Crippen LogP contribution < -0.4 is 10.6 Å². The van der Waals surface area contributed by atoms with Gasteiger partial charge in [-0.2, -0.15) is 0 Å². The fourth-order valence-corrected chi connectivity index (χ4v) is 3.87. The molecule has 0 aliphatic heterocycles. The Bertz CT molecular complexity index is 878. The van der Waals surface area contributed by atoms with Gasteiger partial charge in [-0.05, 0) is 76.6 Å². The van der Waals surface area contributed by atoms with Crippen LogP contribution in [0.2, 0.25) is 0 Å². The first kappa shape index (κ1) is 31.3. The lowest BCUT2D eigenvalue weighted by atomic mass is 9.95. The summed E-state index contributed by atoms with van der Waals surface area (Å²) in [5.74, 6) is -0.769. The highest BCUT2D eigenvalue weighted by molar-refractivity contribution is 5.92. The van der Waals surface area contributed by atoms with Crippen LogP contribution in [0.3, 0.4) is 0 Å². The van der Waals surface area contributed by atoms with E-state index in [-0.39, 0.29) is 29.5 Å². The van der Waals surface area contributed by atoms with Gasteiger partial charge in [0.1, 0.15) is 23.4 Å². The summed E-state index contributed by atoms with van der Waals surface area (Å²) in [7, 11) is 0. The molecule has 8 nitrogen and oxygen atoms in total. The number of aryl methyl sites for hydroxylation is 1. The van der Waals surface area contributed by atoms with Crippen molar-refractivity contribution in [2.45, 2.75) is 112 Å². The van der Waals surface area contributed by atoms with Crippen LogP contribution in [0.1, 0.15) is 98.2 Å². The minimum absolute atomic E-state index is 0.119. The SMILES string of the molecule is CCCCCNC(=O)C(c1ccc(O)c(C)c1)N(C(=O)C(NC(=O)OC(C)(C)C)C(C)C)C(C)CC. The van der Waals surface area contributed by atoms with Crippen molar-refractivity contribution in [1.82, 2.24) is 15.5 Å². The Labute approximate surface area is 217 Å². The van der Waals surface area contributed by atoms with Gasteiger partial charge in [0.25, 0.3) is 0 Å². The summed E-state index contributed by atoms with van der Waals surface area (Å²) in [6.45, 7) is 17.2. The van der Waals surface area contributed by atoms with E-state index < -0.39 is 23.8 Å². The van der Waals surface area contributed by atoms with Crippen molar-refractivity contribution in [3.05, 3.63) is 29.3 Å². The maximum atomic E-state index is 14.1. The predicted octanol–water partition coefficient (Wildman–Crippen LogP) is 5.22. The molecule has 3 amide bonds. The Hall–Kier alpha value is -2.77. The highest BCUT2D eigenvalue weighted by atomic mass is 16.6. The molecular formula is C28H47N3O5. The molecule has 0 spiro atoms. The third-order valence-electron chi connectivity index (χ3n) is 6.07. The minimum Gasteiger partial charge on any atom is -0.508 e. The summed E-state index contributed by atoms with van der Waals surface area (Å²) in [4.78, 5) is 41.8.